The minimum Gasteiger partial charge on any atom is -0.251 e. The fourth-order valence-corrected chi connectivity index (χ4v) is 2.19. The van der Waals surface area contributed by atoms with E-state index in [0.717, 1.165) is 27.7 Å². The van der Waals surface area contributed by atoms with Crippen molar-refractivity contribution < 1.29 is 0 Å². The number of fused-ring (bicyclic) bond motifs is 1. The van der Waals surface area contributed by atoms with Gasteiger partial charge < -0.3 is 0 Å². The first kappa shape index (κ1) is 9.35. The zero-order chi connectivity index (χ0) is 11.1. The average molecular weight is 208 g/mol. The SMILES string of the molecule is Cc1c(C#N)c(C2CC2)nc2ccccc12. The number of hydrogen-bond acceptors (Lipinski definition) is 2. The molecule has 1 fully saturated rings. The Labute approximate surface area is 94.5 Å². The summed E-state index contributed by atoms with van der Waals surface area (Å²) in [5.74, 6) is 0.526. The summed E-state index contributed by atoms with van der Waals surface area (Å²) in [6.45, 7) is 2.02. The van der Waals surface area contributed by atoms with Crippen LogP contribution in [0.4, 0.5) is 0 Å². The van der Waals surface area contributed by atoms with Crippen LogP contribution in [0.25, 0.3) is 10.9 Å². The number of hydrogen-bond donors (Lipinski definition) is 0. The number of aryl methyl sites for hydroxylation is 1. The van der Waals surface area contributed by atoms with Gasteiger partial charge in [-0.1, -0.05) is 18.2 Å². The predicted molar refractivity (Wildman–Crippen MR) is 63.2 cm³/mol. The molecule has 0 atom stereocenters. The Morgan fingerprint density at radius 1 is 1.31 bits per heavy atom. The molecule has 0 unspecified atom stereocenters. The van der Waals surface area contributed by atoms with Crippen LogP contribution in [0.1, 0.15) is 35.6 Å². The van der Waals surface area contributed by atoms with E-state index in [1.807, 2.05) is 31.2 Å². The Morgan fingerprint density at radius 2 is 2.06 bits per heavy atom. The fraction of sp³-hybridized carbons (Fsp3) is 0.286. The maximum absolute atomic E-state index is 9.25. The van der Waals surface area contributed by atoms with Crippen LogP contribution in [0.2, 0.25) is 0 Å². The van der Waals surface area contributed by atoms with Crippen LogP contribution in [0, 0.1) is 18.3 Å². The van der Waals surface area contributed by atoms with Crippen LogP contribution >= 0.6 is 0 Å². The minimum absolute atomic E-state index is 0.526. The number of rotatable bonds is 1. The van der Waals surface area contributed by atoms with Gasteiger partial charge in [-0.25, -0.2) is 0 Å². The Balaban J connectivity index is 2.38. The van der Waals surface area contributed by atoms with Gasteiger partial charge in [-0.05, 0) is 31.4 Å². The van der Waals surface area contributed by atoms with Gasteiger partial charge in [0.25, 0.3) is 0 Å². The highest BCUT2D eigenvalue weighted by Crippen LogP contribution is 2.42. The molecule has 78 valence electrons. The molecule has 1 heterocycles. The zero-order valence-corrected chi connectivity index (χ0v) is 9.20. The molecular weight excluding hydrogens is 196 g/mol. The smallest absolute Gasteiger partial charge is 0.101 e. The number of nitrogens with zero attached hydrogens (tertiary/aromatic N) is 2. The van der Waals surface area contributed by atoms with Crippen molar-refractivity contribution in [3.05, 3.63) is 41.1 Å². The molecule has 16 heavy (non-hydrogen) atoms. The van der Waals surface area contributed by atoms with Crippen molar-refractivity contribution in [2.45, 2.75) is 25.7 Å². The van der Waals surface area contributed by atoms with Gasteiger partial charge in [0.05, 0.1) is 16.8 Å². The van der Waals surface area contributed by atoms with E-state index in [9.17, 15) is 5.26 Å². The van der Waals surface area contributed by atoms with Gasteiger partial charge in [0.2, 0.25) is 0 Å². The Bertz CT molecular complexity index is 604. The molecule has 0 amide bonds. The summed E-state index contributed by atoms with van der Waals surface area (Å²) in [4.78, 5) is 4.65. The number of para-hydroxylation sites is 1. The van der Waals surface area contributed by atoms with Crippen molar-refractivity contribution >= 4 is 10.9 Å². The van der Waals surface area contributed by atoms with E-state index in [4.69, 9.17) is 0 Å². The summed E-state index contributed by atoms with van der Waals surface area (Å²) in [5.41, 5.74) is 3.90. The molecule has 0 saturated heterocycles. The Hall–Kier alpha value is -1.88. The summed E-state index contributed by atoms with van der Waals surface area (Å²) in [6, 6.07) is 10.4. The fourth-order valence-electron chi connectivity index (χ4n) is 2.19. The van der Waals surface area contributed by atoms with E-state index in [2.05, 4.69) is 11.1 Å². The van der Waals surface area contributed by atoms with Gasteiger partial charge >= 0.3 is 0 Å². The van der Waals surface area contributed by atoms with Crippen LogP contribution in [-0.4, -0.2) is 4.98 Å². The molecule has 0 N–H and O–H groups in total. The summed E-state index contributed by atoms with van der Waals surface area (Å²) in [7, 11) is 0. The second-order valence-corrected chi connectivity index (χ2v) is 4.40. The first-order valence-corrected chi connectivity index (χ1v) is 5.60. The van der Waals surface area contributed by atoms with Crippen LogP contribution in [0.3, 0.4) is 0 Å². The highest BCUT2D eigenvalue weighted by atomic mass is 14.7. The van der Waals surface area contributed by atoms with Crippen molar-refractivity contribution in [2.75, 3.05) is 0 Å². The van der Waals surface area contributed by atoms with Gasteiger partial charge in [0.1, 0.15) is 6.07 Å². The van der Waals surface area contributed by atoms with Crippen molar-refractivity contribution in [2.24, 2.45) is 0 Å². The molecule has 0 bridgehead atoms. The van der Waals surface area contributed by atoms with E-state index < -0.39 is 0 Å². The highest BCUT2D eigenvalue weighted by Gasteiger charge is 2.29. The molecule has 2 aromatic rings. The van der Waals surface area contributed by atoms with Crippen LogP contribution in [0.15, 0.2) is 24.3 Å². The van der Waals surface area contributed by atoms with Crippen LogP contribution < -0.4 is 0 Å². The lowest BCUT2D eigenvalue weighted by molar-refractivity contribution is 1.02. The second kappa shape index (κ2) is 3.31. The first-order valence-electron chi connectivity index (χ1n) is 5.60. The highest BCUT2D eigenvalue weighted by molar-refractivity contribution is 5.84. The standard InChI is InChI=1S/C14H12N2/c1-9-11-4-2-3-5-13(11)16-14(10-6-7-10)12(9)8-15/h2-5,10H,6-7H2,1H3. The molecule has 1 aromatic carbocycles. The maximum atomic E-state index is 9.25. The van der Waals surface area contributed by atoms with Crippen LogP contribution in [0.5, 0.6) is 0 Å². The van der Waals surface area contributed by atoms with E-state index in [1.165, 1.54) is 12.8 Å². The van der Waals surface area contributed by atoms with Crippen molar-refractivity contribution in [3.8, 4) is 6.07 Å². The number of benzene rings is 1. The van der Waals surface area contributed by atoms with Gasteiger partial charge in [0.15, 0.2) is 0 Å². The normalized spacial score (nSPS) is 15.0. The Morgan fingerprint density at radius 3 is 2.75 bits per heavy atom. The molecule has 3 rings (SSSR count). The third-order valence-electron chi connectivity index (χ3n) is 3.26. The quantitative estimate of drug-likeness (QED) is 0.721. The van der Waals surface area contributed by atoms with Gasteiger partial charge in [0, 0.05) is 11.3 Å². The van der Waals surface area contributed by atoms with E-state index in [-0.39, 0.29) is 0 Å². The molecule has 0 spiro atoms. The molecular formula is C14H12N2. The molecule has 2 nitrogen and oxygen atoms in total. The number of nitriles is 1. The largest absolute Gasteiger partial charge is 0.251 e. The van der Waals surface area contributed by atoms with E-state index >= 15 is 0 Å². The van der Waals surface area contributed by atoms with Crippen LogP contribution in [-0.2, 0) is 0 Å². The predicted octanol–water partition coefficient (Wildman–Crippen LogP) is 3.29. The van der Waals surface area contributed by atoms with Crippen molar-refractivity contribution in [3.63, 3.8) is 0 Å². The molecule has 1 saturated carbocycles. The van der Waals surface area contributed by atoms with Gasteiger partial charge in [-0.15, -0.1) is 0 Å². The zero-order valence-electron chi connectivity index (χ0n) is 9.20. The lowest BCUT2D eigenvalue weighted by Gasteiger charge is -2.08. The maximum Gasteiger partial charge on any atom is 0.101 e. The number of pyridine rings is 1. The molecule has 0 aliphatic heterocycles. The summed E-state index contributed by atoms with van der Waals surface area (Å²) in [5, 5.41) is 10.3. The first-order chi connectivity index (χ1) is 7.81. The molecule has 1 aromatic heterocycles. The van der Waals surface area contributed by atoms with Crippen molar-refractivity contribution in [1.82, 2.24) is 4.98 Å². The van der Waals surface area contributed by atoms with Gasteiger partial charge in [-0.2, -0.15) is 5.26 Å². The third-order valence-corrected chi connectivity index (χ3v) is 3.26. The molecule has 1 aliphatic rings. The topological polar surface area (TPSA) is 36.7 Å². The molecule has 0 radical (unpaired) electrons. The van der Waals surface area contributed by atoms with E-state index in [0.29, 0.717) is 5.92 Å². The monoisotopic (exact) mass is 208 g/mol. The van der Waals surface area contributed by atoms with Crippen molar-refractivity contribution in [1.29, 1.82) is 5.26 Å². The lowest BCUT2D eigenvalue weighted by atomic mass is 10.0. The minimum atomic E-state index is 0.526. The summed E-state index contributed by atoms with van der Waals surface area (Å²) in [6.07, 6.45) is 2.36. The summed E-state index contributed by atoms with van der Waals surface area (Å²) < 4.78 is 0. The average Bonchev–Trinajstić information content (AvgIpc) is 3.13. The molecule has 2 heteroatoms. The third kappa shape index (κ3) is 1.29. The summed E-state index contributed by atoms with van der Waals surface area (Å²) >= 11 is 0. The van der Waals surface area contributed by atoms with E-state index in [1.54, 1.807) is 0 Å². The molecule has 1 aliphatic carbocycles. The second-order valence-electron chi connectivity index (χ2n) is 4.40. The lowest BCUT2D eigenvalue weighted by Crippen LogP contribution is -1.97. The Kier molecular flexibility index (Phi) is 1.94. The van der Waals surface area contributed by atoms with Gasteiger partial charge in [-0.3, -0.25) is 4.98 Å². The number of aromatic nitrogens is 1.